The zero-order valence-electron chi connectivity index (χ0n) is 10.3. The molecule has 1 aliphatic carbocycles. The van der Waals surface area contributed by atoms with Gasteiger partial charge in [0.1, 0.15) is 5.75 Å². The summed E-state index contributed by atoms with van der Waals surface area (Å²) in [5, 5.41) is 9.02. The van der Waals surface area contributed by atoms with Crippen LogP contribution in [0.5, 0.6) is 5.75 Å². The first-order chi connectivity index (χ1) is 7.99. The molecule has 0 aromatic heterocycles. The highest BCUT2D eigenvalue weighted by Gasteiger charge is 2.29. The summed E-state index contributed by atoms with van der Waals surface area (Å²) in [7, 11) is 0. The van der Waals surface area contributed by atoms with Gasteiger partial charge in [-0.2, -0.15) is 0 Å². The van der Waals surface area contributed by atoms with Crippen LogP contribution in [0, 0.1) is 0 Å². The van der Waals surface area contributed by atoms with Gasteiger partial charge in [-0.1, -0.05) is 6.07 Å². The van der Waals surface area contributed by atoms with Crippen LogP contribution < -0.4 is 4.74 Å². The molecular formula is C14H18O3. The van der Waals surface area contributed by atoms with Gasteiger partial charge in [-0.3, -0.25) is 0 Å². The zero-order valence-corrected chi connectivity index (χ0v) is 10.3. The first-order valence-corrected chi connectivity index (χ1v) is 6.03. The molecule has 1 aliphatic rings. The van der Waals surface area contributed by atoms with Gasteiger partial charge in [-0.05, 0) is 62.8 Å². The summed E-state index contributed by atoms with van der Waals surface area (Å²) in [6.07, 6.45) is 4.64. The Morgan fingerprint density at radius 2 is 1.88 bits per heavy atom. The summed E-state index contributed by atoms with van der Waals surface area (Å²) in [5.74, 6) is -0.298. The Hall–Kier alpha value is -1.51. The van der Waals surface area contributed by atoms with Crippen LogP contribution in [0.2, 0.25) is 0 Å². The summed E-state index contributed by atoms with van der Waals surface area (Å²) in [6, 6.07) is 5.91. The van der Waals surface area contributed by atoms with Crippen molar-refractivity contribution in [3.8, 4) is 5.75 Å². The Kier molecular flexibility index (Phi) is 3.09. The molecule has 0 saturated heterocycles. The number of carboxylic acid groups (broad SMARTS) is 1. The maximum Gasteiger partial charge on any atom is 0.347 e. The summed E-state index contributed by atoms with van der Waals surface area (Å²) < 4.78 is 5.53. The number of benzene rings is 1. The third kappa shape index (κ3) is 2.60. The van der Waals surface area contributed by atoms with E-state index in [1.165, 1.54) is 24.0 Å². The Labute approximate surface area is 101 Å². The molecule has 1 aromatic rings. The van der Waals surface area contributed by atoms with E-state index in [0.29, 0.717) is 5.75 Å². The monoisotopic (exact) mass is 234 g/mol. The first kappa shape index (κ1) is 12.0. The fourth-order valence-electron chi connectivity index (χ4n) is 2.11. The van der Waals surface area contributed by atoms with Crippen molar-refractivity contribution >= 4 is 5.97 Å². The highest BCUT2D eigenvalue weighted by molar-refractivity contribution is 5.76. The Bertz CT molecular complexity index is 435. The molecule has 3 nitrogen and oxygen atoms in total. The minimum atomic E-state index is -1.18. The van der Waals surface area contributed by atoms with Crippen molar-refractivity contribution in [2.75, 3.05) is 0 Å². The van der Waals surface area contributed by atoms with E-state index in [1.807, 2.05) is 12.1 Å². The van der Waals surface area contributed by atoms with Gasteiger partial charge in [0.05, 0.1) is 0 Å². The summed E-state index contributed by atoms with van der Waals surface area (Å²) >= 11 is 0. The molecule has 0 unspecified atom stereocenters. The summed E-state index contributed by atoms with van der Waals surface area (Å²) in [5.41, 5.74) is 1.50. The number of hydrogen-bond acceptors (Lipinski definition) is 2. The molecule has 0 saturated carbocycles. The lowest BCUT2D eigenvalue weighted by atomic mass is 9.92. The van der Waals surface area contributed by atoms with Crippen molar-refractivity contribution in [1.82, 2.24) is 0 Å². The van der Waals surface area contributed by atoms with Gasteiger partial charge in [0, 0.05) is 0 Å². The van der Waals surface area contributed by atoms with Gasteiger partial charge in [0.2, 0.25) is 0 Å². The molecule has 0 bridgehead atoms. The number of fused-ring (bicyclic) bond motifs is 1. The zero-order chi connectivity index (χ0) is 12.5. The van der Waals surface area contributed by atoms with E-state index in [-0.39, 0.29) is 0 Å². The van der Waals surface area contributed by atoms with Crippen molar-refractivity contribution in [2.24, 2.45) is 0 Å². The number of aliphatic carboxylic acids is 1. The van der Waals surface area contributed by atoms with Crippen LogP contribution in [-0.2, 0) is 17.6 Å². The third-order valence-corrected chi connectivity index (χ3v) is 3.21. The van der Waals surface area contributed by atoms with Crippen LogP contribution in [0.25, 0.3) is 0 Å². The van der Waals surface area contributed by atoms with E-state index in [0.717, 1.165) is 12.8 Å². The predicted octanol–water partition coefficient (Wildman–Crippen LogP) is 2.81. The maximum absolute atomic E-state index is 11.0. The van der Waals surface area contributed by atoms with Gasteiger partial charge >= 0.3 is 5.97 Å². The first-order valence-electron chi connectivity index (χ1n) is 6.03. The molecule has 92 valence electrons. The molecule has 17 heavy (non-hydrogen) atoms. The number of carboxylic acids is 1. The van der Waals surface area contributed by atoms with E-state index in [9.17, 15) is 4.79 Å². The van der Waals surface area contributed by atoms with E-state index >= 15 is 0 Å². The van der Waals surface area contributed by atoms with Gasteiger partial charge < -0.3 is 9.84 Å². The second kappa shape index (κ2) is 4.40. The molecule has 0 fully saturated rings. The van der Waals surface area contributed by atoms with E-state index in [2.05, 4.69) is 6.07 Å². The maximum atomic E-state index is 11.0. The molecule has 0 spiro atoms. The lowest BCUT2D eigenvalue weighted by molar-refractivity contribution is -0.152. The quantitative estimate of drug-likeness (QED) is 0.874. The molecular weight excluding hydrogens is 216 g/mol. The highest BCUT2D eigenvalue weighted by atomic mass is 16.5. The van der Waals surface area contributed by atoms with E-state index < -0.39 is 11.6 Å². The molecule has 0 atom stereocenters. The molecule has 0 heterocycles. The van der Waals surface area contributed by atoms with E-state index in [4.69, 9.17) is 9.84 Å². The number of aryl methyl sites for hydroxylation is 2. The van der Waals surface area contributed by atoms with Crippen LogP contribution in [0.4, 0.5) is 0 Å². The predicted molar refractivity (Wildman–Crippen MR) is 65.4 cm³/mol. The number of hydrogen-bond donors (Lipinski definition) is 1. The number of ether oxygens (including phenoxy) is 1. The third-order valence-electron chi connectivity index (χ3n) is 3.21. The van der Waals surface area contributed by atoms with Gasteiger partial charge in [0.15, 0.2) is 5.60 Å². The fraction of sp³-hybridized carbons (Fsp3) is 0.500. The minimum Gasteiger partial charge on any atom is -0.478 e. The molecule has 0 aliphatic heterocycles. The van der Waals surface area contributed by atoms with Gasteiger partial charge in [-0.25, -0.2) is 4.79 Å². The Balaban J connectivity index is 2.20. The second-order valence-electron chi connectivity index (χ2n) is 5.06. The van der Waals surface area contributed by atoms with Crippen LogP contribution in [0.1, 0.15) is 37.8 Å². The van der Waals surface area contributed by atoms with Crippen LogP contribution >= 0.6 is 0 Å². The van der Waals surface area contributed by atoms with Crippen LogP contribution in [-0.4, -0.2) is 16.7 Å². The lowest BCUT2D eigenvalue weighted by Crippen LogP contribution is -2.37. The van der Waals surface area contributed by atoms with Gasteiger partial charge in [0.25, 0.3) is 0 Å². The van der Waals surface area contributed by atoms with Crippen LogP contribution in [0.3, 0.4) is 0 Å². The fourth-order valence-corrected chi connectivity index (χ4v) is 2.11. The second-order valence-corrected chi connectivity index (χ2v) is 5.06. The summed E-state index contributed by atoms with van der Waals surface area (Å²) in [6.45, 7) is 3.13. The molecule has 0 radical (unpaired) electrons. The smallest absolute Gasteiger partial charge is 0.347 e. The topological polar surface area (TPSA) is 46.5 Å². The van der Waals surface area contributed by atoms with Crippen molar-refractivity contribution < 1.29 is 14.6 Å². The highest BCUT2D eigenvalue weighted by Crippen LogP contribution is 2.27. The molecule has 2 rings (SSSR count). The van der Waals surface area contributed by atoms with Crippen LogP contribution in [0.15, 0.2) is 18.2 Å². The SMILES string of the molecule is CC(C)(Oc1ccc2c(c1)CCCC2)C(=O)O. The van der Waals surface area contributed by atoms with Crippen molar-refractivity contribution in [3.63, 3.8) is 0 Å². The average Bonchev–Trinajstić information content (AvgIpc) is 2.28. The molecule has 1 N–H and O–H groups in total. The largest absolute Gasteiger partial charge is 0.478 e. The normalized spacial score (nSPS) is 15.2. The van der Waals surface area contributed by atoms with E-state index in [1.54, 1.807) is 13.8 Å². The molecule has 1 aromatic carbocycles. The van der Waals surface area contributed by atoms with Crippen molar-refractivity contribution in [1.29, 1.82) is 0 Å². The number of rotatable bonds is 3. The minimum absolute atomic E-state index is 0.651. The molecule has 3 heteroatoms. The summed E-state index contributed by atoms with van der Waals surface area (Å²) in [4.78, 5) is 11.0. The average molecular weight is 234 g/mol. The Morgan fingerprint density at radius 3 is 2.53 bits per heavy atom. The standard InChI is InChI=1S/C14H18O3/c1-14(2,13(15)16)17-12-8-7-10-5-3-4-6-11(10)9-12/h7-9H,3-6H2,1-2H3,(H,15,16). The molecule has 0 amide bonds. The number of carbonyl (C=O) groups is 1. The van der Waals surface area contributed by atoms with Crippen molar-refractivity contribution in [2.45, 2.75) is 45.1 Å². The lowest BCUT2D eigenvalue weighted by Gasteiger charge is -2.23. The van der Waals surface area contributed by atoms with Crippen molar-refractivity contribution in [3.05, 3.63) is 29.3 Å². The van der Waals surface area contributed by atoms with Gasteiger partial charge in [-0.15, -0.1) is 0 Å². The Morgan fingerprint density at radius 1 is 1.24 bits per heavy atom.